The standard InChI is InChI=1S/C21H21F3N2O2S/c1-3-16-6-4-5-7-18(16)25-19(27)14-26(2)20(28)13-10-15-8-11-17(12-9-15)29-21(22,23)24/h4-13H,3,14H2,1-2H3,(H,25,27)/b13-10+. The summed E-state index contributed by atoms with van der Waals surface area (Å²) in [6, 6.07) is 13.1. The van der Waals surface area contributed by atoms with E-state index >= 15 is 0 Å². The Morgan fingerprint density at radius 3 is 2.38 bits per heavy atom. The first-order valence-electron chi connectivity index (χ1n) is 8.84. The van der Waals surface area contributed by atoms with Crippen LogP contribution in [0.15, 0.2) is 59.5 Å². The van der Waals surface area contributed by atoms with E-state index in [4.69, 9.17) is 0 Å². The van der Waals surface area contributed by atoms with Crippen LogP contribution in [0, 0.1) is 0 Å². The molecule has 2 aromatic carbocycles. The zero-order valence-electron chi connectivity index (χ0n) is 16.0. The first-order valence-corrected chi connectivity index (χ1v) is 9.66. The van der Waals surface area contributed by atoms with Gasteiger partial charge in [0.15, 0.2) is 0 Å². The van der Waals surface area contributed by atoms with Crippen molar-refractivity contribution in [3.05, 3.63) is 65.7 Å². The quantitative estimate of drug-likeness (QED) is 0.506. The van der Waals surface area contributed by atoms with Crippen LogP contribution in [0.4, 0.5) is 18.9 Å². The molecule has 0 unspecified atom stereocenters. The smallest absolute Gasteiger partial charge is 0.333 e. The van der Waals surface area contributed by atoms with E-state index < -0.39 is 11.4 Å². The van der Waals surface area contributed by atoms with Gasteiger partial charge < -0.3 is 10.2 Å². The molecule has 2 rings (SSSR count). The summed E-state index contributed by atoms with van der Waals surface area (Å²) in [7, 11) is 1.50. The number of hydrogen-bond donors (Lipinski definition) is 1. The fraction of sp³-hybridized carbons (Fsp3) is 0.238. The summed E-state index contributed by atoms with van der Waals surface area (Å²) in [6.07, 6.45) is 3.54. The normalized spacial score (nSPS) is 11.5. The molecule has 8 heteroatoms. The first-order chi connectivity index (χ1) is 13.7. The Hall–Kier alpha value is -2.74. The molecule has 0 saturated heterocycles. The van der Waals surface area contributed by atoms with Gasteiger partial charge in [0.1, 0.15) is 0 Å². The maximum absolute atomic E-state index is 12.3. The van der Waals surface area contributed by atoms with Crippen LogP contribution >= 0.6 is 11.8 Å². The summed E-state index contributed by atoms with van der Waals surface area (Å²) >= 11 is -0.195. The van der Waals surface area contributed by atoms with E-state index in [2.05, 4.69) is 5.32 Å². The minimum absolute atomic E-state index is 0.0714. The van der Waals surface area contributed by atoms with Crippen molar-refractivity contribution in [3.8, 4) is 0 Å². The molecule has 2 aromatic rings. The van der Waals surface area contributed by atoms with E-state index in [0.717, 1.165) is 12.0 Å². The van der Waals surface area contributed by atoms with Crippen LogP contribution in [0.3, 0.4) is 0 Å². The molecule has 0 atom stereocenters. The lowest BCUT2D eigenvalue weighted by Gasteiger charge is -2.16. The average Bonchev–Trinajstić information content (AvgIpc) is 2.66. The lowest BCUT2D eigenvalue weighted by atomic mass is 10.1. The van der Waals surface area contributed by atoms with Crippen LogP contribution in [0.2, 0.25) is 0 Å². The number of carbonyl (C=O) groups excluding carboxylic acids is 2. The molecule has 0 aliphatic carbocycles. The summed E-state index contributed by atoms with van der Waals surface area (Å²) in [5, 5.41) is 2.79. The Bertz CT molecular complexity index is 880. The van der Waals surface area contributed by atoms with Crippen LogP contribution in [-0.4, -0.2) is 35.8 Å². The van der Waals surface area contributed by atoms with Crippen LogP contribution < -0.4 is 5.32 Å². The van der Waals surface area contributed by atoms with E-state index in [0.29, 0.717) is 11.3 Å². The SMILES string of the molecule is CCc1ccccc1NC(=O)CN(C)C(=O)/C=C/c1ccc(SC(F)(F)F)cc1. The zero-order chi connectivity index (χ0) is 21.4. The molecule has 0 aromatic heterocycles. The number of alkyl halides is 3. The number of anilines is 1. The number of aryl methyl sites for hydroxylation is 1. The van der Waals surface area contributed by atoms with Gasteiger partial charge in [-0.05, 0) is 53.6 Å². The van der Waals surface area contributed by atoms with Crippen molar-refractivity contribution in [1.29, 1.82) is 0 Å². The van der Waals surface area contributed by atoms with Crippen LogP contribution in [0.1, 0.15) is 18.1 Å². The Kier molecular flexibility index (Phi) is 7.90. The molecule has 154 valence electrons. The van der Waals surface area contributed by atoms with Gasteiger partial charge in [-0.25, -0.2) is 0 Å². The number of likely N-dealkylation sites (N-methyl/N-ethyl adjacent to an activating group) is 1. The number of carbonyl (C=O) groups is 2. The minimum atomic E-state index is -4.34. The van der Waals surface area contributed by atoms with Gasteiger partial charge in [-0.15, -0.1) is 0 Å². The Morgan fingerprint density at radius 1 is 1.10 bits per heavy atom. The maximum atomic E-state index is 12.3. The lowest BCUT2D eigenvalue weighted by Crippen LogP contribution is -2.34. The van der Waals surface area contributed by atoms with E-state index in [1.165, 1.54) is 48.4 Å². The third-order valence-corrected chi connectivity index (χ3v) is 4.70. The molecule has 4 nitrogen and oxygen atoms in total. The highest BCUT2D eigenvalue weighted by Crippen LogP contribution is 2.36. The predicted molar refractivity (Wildman–Crippen MR) is 109 cm³/mol. The molecule has 0 fully saturated rings. The average molecular weight is 422 g/mol. The van der Waals surface area contributed by atoms with Gasteiger partial charge in [0.2, 0.25) is 11.8 Å². The molecular formula is C21H21F3N2O2S. The molecular weight excluding hydrogens is 401 g/mol. The number of para-hydroxylation sites is 1. The molecule has 0 saturated carbocycles. The fourth-order valence-corrected chi connectivity index (χ4v) is 3.05. The van der Waals surface area contributed by atoms with Crippen molar-refractivity contribution in [2.75, 3.05) is 18.9 Å². The molecule has 0 spiro atoms. The van der Waals surface area contributed by atoms with Crippen molar-refractivity contribution in [2.24, 2.45) is 0 Å². The predicted octanol–water partition coefficient (Wildman–Crippen LogP) is 4.97. The first kappa shape index (κ1) is 22.5. The number of amides is 2. The molecule has 29 heavy (non-hydrogen) atoms. The summed E-state index contributed by atoms with van der Waals surface area (Å²) in [5.74, 6) is -0.707. The fourth-order valence-electron chi connectivity index (χ4n) is 2.51. The number of benzene rings is 2. The van der Waals surface area contributed by atoms with Gasteiger partial charge in [-0.3, -0.25) is 9.59 Å². The summed E-state index contributed by atoms with van der Waals surface area (Å²) in [6.45, 7) is 1.86. The van der Waals surface area contributed by atoms with Gasteiger partial charge >= 0.3 is 5.51 Å². The molecule has 0 aliphatic rings. The Morgan fingerprint density at radius 2 is 1.76 bits per heavy atom. The lowest BCUT2D eigenvalue weighted by molar-refractivity contribution is -0.129. The number of nitrogens with one attached hydrogen (secondary N) is 1. The summed E-state index contributed by atoms with van der Waals surface area (Å²) in [5.41, 5.74) is -2.04. The minimum Gasteiger partial charge on any atom is -0.333 e. The molecule has 0 heterocycles. The van der Waals surface area contributed by atoms with Gasteiger partial charge in [-0.1, -0.05) is 37.3 Å². The van der Waals surface area contributed by atoms with Crippen molar-refractivity contribution in [3.63, 3.8) is 0 Å². The highest BCUT2D eigenvalue weighted by atomic mass is 32.2. The largest absolute Gasteiger partial charge is 0.446 e. The third kappa shape index (κ3) is 7.65. The van der Waals surface area contributed by atoms with Crippen molar-refractivity contribution in [1.82, 2.24) is 4.90 Å². The van der Waals surface area contributed by atoms with Gasteiger partial charge in [-0.2, -0.15) is 13.2 Å². The summed E-state index contributed by atoms with van der Waals surface area (Å²) < 4.78 is 37.0. The molecule has 1 N–H and O–H groups in total. The van der Waals surface area contributed by atoms with E-state index in [9.17, 15) is 22.8 Å². The second kappa shape index (κ2) is 10.2. The third-order valence-electron chi connectivity index (χ3n) is 3.96. The number of halogens is 3. The van der Waals surface area contributed by atoms with E-state index in [-0.39, 0.29) is 29.1 Å². The molecule has 0 bridgehead atoms. The van der Waals surface area contributed by atoms with Crippen LogP contribution in [0.5, 0.6) is 0 Å². The molecule has 2 amide bonds. The topological polar surface area (TPSA) is 49.4 Å². The van der Waals surface area contributed by atoms with E-state index in [1.807, 2.05) is 25.1 Å². The van der Waals surface area contributed by atoms with Crippen LogP contribution in [-0.2, 0) is 16.0 Å². The zero-order valence-corrected chi connectivity index (χ0v) is 16.8. The Labute approximate surface area is 171 Å². The van der Waals surface area contributed by atoms with Gasteiger partial charge in [0, 0.05) is 23.7 Å². The second-order valence-electron chi connectivity index (χ2n) is 6.20. The van der Waals surface area contributed by atoms with Crippen molar-refractivity contribution >= 4 is 35.3 Å². The monoisotopic (exact) mass is 422 g/mol. The second-order valence-corrected chi connectivity index (χ2v) is 7.34. The number of thioether (sulfide) groups is 1. The van der Waals surface area contributed by atoms with Gasteiger partial charge in [0.25, 0.3) is 0 Å². The maximum Gasteiger partial charge on any atom is 0.446 e. The number of hydrogen-bond acceptors (Lipinski definition) is 3. The van der Waals surface area contributed by atoms with Crippen LogP contribution in [0.25, 0.3) is 6.08 Å². The van der Waals surface area contributed by atoms with Gasteiger partial charge in [0.05, 0.1) is 6.54 Å². The highest BCUT2D eigenvalue weighted by molar-refractivity contribution is 8.00. The molecule has 0 aliphatic heterocycles. The number of rotatable bonds is 7. The highest BCUT2D eigenvalue weighted by Gasteiger charge is 2.28. The van der Waals surface area contributed by atoms with Crippen molar-refractivity contribution in [2.45, 2.75) is 23.7 Å². The Balaban J connectivity index is 1.90. The summed E-state index contributed by atoms with van der Waals surface area (Å²) in [4.78, 5) is 25.7. The van der Waals surface area contributed by atoms with Crippen molar-refractivity contribution < 1.29 is 22.8 Å². The molecule has 0 radical (unpaired) electrons. The number of nitrogens with zero attached hydrogens (tertiary/aromatic N) is 1. The van der Waals surface area contributed by atoms with E-state index in [1.54, 1.807) is 6.07 Å².